The summed E-state index contributed by atoms with van der Waals surface area (Å²) in [5.74, 6) is 0.683. The Morgan fingerprint density at radius 1 is 1.28 bits per heavy atom. The number of halogens is 1. The van der Waals surface area contributed by atoms with Gasteiger partial charge in [0.1, 0.15) is 5.82 Å². The van der Waals surface area contributed by atoms with Gasteiger partial charge in [0.05, 0.1) is 0 Å². The fraction of sp³-hybridized carbons (Fsp3) is 0.545. The zero-order chi connectivity index (χ0) is 20.8. The number of imidazole rings is 1. The van der Waals surface area contributed by atoms with Crippen molar-refractivity contribution in [3.8, 4) is 0 Å². The second kappa shape index (κ2) is 9.98. The van der Waals surface area contributed by atoms with E-state index in [4.69, 9.17) is 0 Å². The minimum absolute atomic E-state index is 0.0226. The summed E-state index contributed by atoms with van der Waals surface area (Å²) >= 11 is 0. The van der Waals surface area contributed by atoms with Crippen LogP contribution < -0.4 is 0 Å². The summed E-state index contributed by atoms with van der Waals surface area (Å²) in [5, 5.41) is 0. The van der Waals surface area contributed by atoms with Gasteiger partial charge in [0.15, 0.2) is 5.82 Å². The van der Waals surface area contributed by atoms with Crippen molar-refractivity contribution in [3.63, 3.8) is 0 Å². The molecule has 0 radical (unpaired) electrons. The van der Waals surface area contributed by atoms with Gasteiger partial charge in [-0.3, -0.25) is 9.69 Å². The van der Waals surface area contributed by atoms with Crippen molar-refractivity contribution >= 4 is 5.91 Å². The van der Waals surface area contributed by atoms with Gasteiger partial charge < -0.3 is 14.4 Å². The molecule has 0 spiro atoms. The van der Waals surface area contributed by atoms with Crippen LogP contribution in [0, 0.1) is 11.7 Å². The molecule has 158 valence electrons. The number of benzene rings is 1. The molecule has 1 aliphatic heterocycles. The second-order valence-corrected chi connectivity index (χ2v) is 8.25. The number of carbonyl (C=O) groups excluding carboxylic acids is 1. The van der Waals surface area contributed by atoms with Gasteiger partial charge in [-0.1, -0.05) is 18.2 Å². The molecule has 0 N–H and O–H groups in total. The molecule has 1 fully saturated rings. The Kier molecular flexibility index (Phi) is 7.39. The Morgan fingerprint density at radius 3 is 2.76 bits per heavy atom. The van der Waals surface area contributed by atoms with E-state index in [2.05, 4.69) is 14.8 Å². The molecule has 1 amide bonds. The third-order valence-electron chi connectivity index (χ3n) is 5.55. The predicted octanol–water partition coefficient (Wildman–Crippen LogP) is 2.48. The third kappa shape index (κ3) is 5.87. The molecule has 1 aliphatic rings. The summed E-state index contributed by atoms with van der Waals surface area (Å²) in [6.45, 7) is 4.64. The van der Waals surface area contributed by atoms with Crippen LogP contribution in [-0.2, 0) is 13.6 Å². The molecule has 7 heteroatoms. The molecule has 3 rings (SSSR count). The van der Waals surface area contributed by atoms with Gasteiger partial charge in [-0.05, 0) is 45.5 Å². The van der Waals surface area contributed by atoms with Crippen molar-refractivity contribution in [1.82, 2.24) is 24.3 Å². The summed E-state index contributed by atoms with van der Waals surface area (Å²) in [4.78, 5) is 23.7. The fourth-order valence-corrected chi connectivity index (χ4v) is 3.93. The zero-order valence-corrected chi connectivity index (χ0v) is 17.7. The molecule has 1 unspecified atom stereocenters. The van der Waals surface area contributed by atoms with Gasteiger partial charge in [0, 0.05) is 57.7 Å². The SMILES string of the molecule is CN(C)CCN(CC1CCCN(Cc2ccccc2F)C1)C(=O)c1nccn1C. The van der Waals surface area contributed by atoms with Crippen molar-refractivity contribution in [1.29, 1.82) is 0 Å². The number of aromatic nitrogens is 2. The highest BCUT2D eigenvalue weighted by molar-refractivity contribution is 5.90. The van der Waals surface area contributed by atoms with E-state index in [0.29, 0.717) is 31.4 Å². The third-order valence-corrected chi connectivity index (χ3v) is 5.55. The van der Waals surface area contributed by atoms with Crippen LogP contribution in [0.25, 0.3) is 0 Å². The van der Waals surface area contributed by atoms with Crippen molar-refractivity contribution in [2.24, 2.45) is 13.0 Å². The fourth-order valence-electron chi connectivity index (χ4n) is 3.93. The van der Waals surface area contributed by atoms with E-state index in [9.17, 15) is 9.18 Å². The second-order valence-electron chi connectivity index (χ2n) is 8.25. The predicted molar refractivity (Wildman–Crippen MR) is 112 cm³/mol. The molecule has 0 saturated carbocycles. The highest BCUT2D eigenvalue weighted by atomic mass is 19.1. The van der Waals surface area contributed by atoms with E-state index in [1.807, 2.05) is 38.2 Å². The van der Waals surface area contributed by atoms with Gasteiger partial charge in [0.25, 0.3) is 5.91 Å². The number of aryl methyl sites for hydroxylation is 1. The van der Waals surface area contributed by atoms with Crippen LogP contribution in [0.1, 0.15) is 29.0 Å². The average Bonchev–Trinajstić information content (AvgIpc) is 3.12. The maximum absolute atomic E-state index is 14.0. The zero-order valence-electron chi connectivity index (χ0n) is 17.7. The van der Waals surface area contributed by atoms with Crippen LogP contribution in [0.15, 0.2) is 36.7 Å². The first-order valence-corrected chi connectivity index (χ1v) is 10.3. The molecule has 2 heterocycles. The Balaban J connectivity index is 1.65. The summed E-state index contributed by atoms with van der Waals surface area (Å²) in [5.41, 5.74) is 0.738. The lowest BCUT2D eigenvalue weighted by atomic mass is 9.96. The number of carbonyl (C=O) groups is 1. The van der Waals surface area contributed by atoms with Crippen LogP contribution >= 0.6 is 0 Å². The van der Waals surface area contributed by atoms with Gasteiger partial charge in [-0.15, -0.1) is 0 Å². The van der Waals surface area contributed by atoms with E-state index in [1.165, 1.54) is 6.07 Å². The van der Waals surface area contributed by atoms with Crippen molar-refractivity contribution in [2.75, 3.05) is 46.8 Å². The molecular formula is C22H32FN5O. The molecule has 29 heavy (non-hydrogen) atoms. The van der Waals surface area contributed by atoms with E-state index >= 15 is 0 Å². The number of piperidine rings is 1. The Hall–Kier alpha value is -2.25. The average molecular weight is 402 g/mol. The summed E-state index contributed by atoms with van der Waals surface area (Å²) in [7, 11) is 5.88. The molecule has 1 saturated heterocycles. The smallest absolute Gasteiger partial charge is 0.289 e. The Labute approximate surface area is 172 Å². The van der Waals surface area contributed by atoms with E-state index in [1.54, 1.807) is 23.0 Å². The summed E-state index contributed by atoms with van der Waals surface area (Å²) in [6, 6.07) is 6.98. The topological polar surface area (TPSA) is 44.6 Å². The Bertz CT molecular complexity index is 806. The lowest BCUT2D eigenvalue weighted by Crippen LogP contribution is -2.45. The minimum Gasteiger partial charge on any atom is -0.334 e. The summed E-state index contributed by atoms with van der Waals surface area (Å²) in [6.07, 6.45) is 5.61. The number of rotatable bonds is 8. The van der Waals surface area contributed by atoms with Gasteiger partial charge in [-0.2, -0.15) is 0 Å². The molecular weight excluding hydrogens is 369 g/mol. The largest absolute Gasteiger partial charge is 0.334 e. The molecule has 1 atom stereocenters. The van der Waals surface area contributed by atoms with Crippen molar-refractivity contribution in [3.05, 3.63) is 53.9 Å². The van der Waals surface area contributed by atoms with E-state index < -0.39 is 0 Å². The molecule has 2 aromatic rings. The van der Waals surface area contributed by atoms with Crippen molar-refractivity contribution < 1.29 is 9.18 Å². The van der Waals surface area contributed by atoms with E-state index in [-0.39, 0.29) is 11.7 Å². The molecule has 0 bridgehead atoms. The number of likely N-dealkylation sites (N-methyl/N-ethyl adjacent to an activating group) is 1. The maximum Gasteiger partial charge on any atom is 0.289 e. The van der Waals surface area contributed by atoms with Crippen molar-refractivity contribution in [2.45, 2.75) is 19.4 Å². The molecule has 0 aliphatic carbocycles. The monoisotopic (exact) mass is 401 g/mol. The summed E-state index contributed by atoms with van der Waals surface area (Å²) < 4.78 is 15.8. The number of hydrogen-bond donors (Lipinski definition) is 0. The molecule has 1 aromatic carbocycles. The first-order valence-electron chi connectivity index (χ1n) is 10.3. The minimum atomic E-state index is -0.146. The number of amides is 1. The number of nitrogens with zero attached hydrogens (tertiary/aromatic N) is 5. The highest BCUT2D eigenvalue weighted by Crippen LogP contribution is 2.21. The van der Waals surface area contributed by atoms with Gasteiger partial charge in [-0.25, -0.2) is 9.37 Å². The molecule has 1 aromatic heterocycles. The maximum atomic E-state index is 14.0. The van der Waals surface area contributed by atoms with Gasteiger partial charge in [0.2, 0.25) is 0 Å². The van der Waals surface area contributed by atoms with Crippen LogP contribution in [0.3, 0.4) is 0 Å². The van der Waals surface area contributed by atoms with Gasteiger partial charge >= 0.3 is 0 Å². The number of likely N-dealkylation sites (tertiary alicyclic amines) is 1. The standard InChI is InChI=1S/C22H32FN5O/c1-25(2)13-14-28(22(29)21-24-10-12-26(21)3)16-18-7-6-11-27(15-18)17-19-8-4-5-9-20(19)23/h4-5,8-10,12,18H,6-7,11,13-17H2,1-3H3. The van der Waals surface area contributed by atoms with E-state index in [0.717, 1.165) is 38.0 Å². The normalized spacial score (nSPS) is 17.6. The quantitative estimate of drug-likeness (QED) is 0.682. The lowest BCUT2D eigenvalue weighted by Gasteiger charge is -2.36. The molecule has 6 nitrogen and oxygen atoms in total. The number of hydrogen-bond acceptors (Lipinski definition) is 4. The van der Waals surface area contributed by atoms with Crippen LogP contribution in [-0.4, -0.2) is 77.0 Å². The first kappa shape index (κ1) is 21.5. The highest BCUT2D eigenvalue weighted by Gasteiger charge is 2.26. The lowest BCUT2D eigenvalue weighted by molar-refractivity contribution is 0.0645. The van der Waals surface area contributed by atoms with Crippen LogP contribution in [0.2, 0.25) is 0 Å². The Morgan fingerprint density at radius 2 is 2.07 bits per heavy atom. The van der Waals surface area contributed by atoms with Crippen LogP contribution in [0.4, 0.5) is 4.39 Å². The first-order chi connectivity index (χ1) is 13.9. The van der Waals surface area contributed by atoms with Crippen LogP contribution in [0.5, 0.6) is 0 Å².